The van der Waals surface area contributed by atoms with E-state index in [0.717, 1.165) is 39.3 Å². The van der Waals surface area contributed by atoms with E-state index in [1.54, 1.807) is 6.92 Å². The highest BCUT2D eigenvalue weighted by Crippen LogP contribution is 2.51. The van der Waals surface area contributed by atoms with Crippen LogP contribution in [0.15, 0.2) is 54.6 Å². The first-order chi connectivity index (χ1) is 14.2. The monoisotopic (exact) mass is 419 g/mol. The summed E-state index contributed by atoms with van der Waals surface area (Å²) in [6.07, 6.45) is 1.91. The molecular formula is C26H23ClFNO. The van der Waals surface area contributed by atoms with E-state index < -0.39 is 0 Å². The van der Waals surface area contributed by atoms with Gasteiger partial charge in [-0.15, -0.1) is 0 Å². The summed E-state index contributed by atoms with van der Waals surface area (Å²) in [7, 11) is 0. The minimum atomic E-state index is -0.339. The van der Waals surface area contributed by atoms with E-state index in [9.17, 15) is 4.39 Å². The third-order valence-corrected chi connectivity index (χ3v) is 6.13. The van der Waals surface area contributed by atoms with E-state index >= 15 is 0 Å². The Bertz CT molecular complexity index is 1230. The molecule has 1 unspecified atom stereocenters. The van der Waals surface area contributed by atoms with Gasteiger partial charge in [0, 0.05) is 27.4 Å². The van der Waals surface area contributed by atoms with Gasteiger partial charge in [-0.2, -0.15) is 0 Å². The zero-order chi connectivity index (χ0) is 21.2. The first kappa shape index (κ1) is 19.2. The highest BCUT2D eigenvalue weighted by molar-refractivity contribution is 6.31. The molecule has 2 nitrogen and oxygen atoms in total. The molecular weight excluding hydrogens is 397 g/mol. The Morgan fingerprint density at radius 1 is 1.00 bits per heavy atom. The number of nitrogens with one attached hydrogen (secondary N) is 1. The maximum atomic E-state index is 14.0. The number of rotatable bonds is 1. The molecule has 2 aliphatic heterocycles. The lowest BCUT2D eigenvalue weighted by Gasteiger charge is -2.37. The van der Waals surface area contributed by atoms with Crippen LogP contribution in [0.1, 0.15) is 49.1 Å². The van der Waals surface area contributed by atoms with Crippen molar-refractivity contribution < 1.29 is 9.13 Å². The van der Waals surface area contributed by atoms with Crippen molar-refractivity contribution in [2.45, 2.75) is 39.3 Å². The van der Waals surface area contributed by atoms with Crippen molar-refractivity contribution in [2.75, 3.05) is 5.32 Å². The molecule has 5 rings (SSSR count). The minimum Gasteiger partial charge on any atom is -0.480 e. The van der Waals surface area contributed by atoms with Crippen molar-refractivity contribution in [3.05, 3.63) is 87.7 Å². The van der Waals surface area contributed by atoms with E-state index in [2.05, 4.69) is 44.3 Å². The lowest BCUT2D eigenvalue weighted by molar-refractivity contribution is 0.243. The average Bonchev–Trinajstić information content (AvgIpc) is 2.68. The van der Waals surface area contributed by atoms with Gasteiger partial charge in [0.2, 0.25) is 0 Å². The Morgan fingerprint density at radius 2 is 1.80 bits per heavy atom. The normalized spacial score (nSPS) is 18.3. The molecule has 2 heterocycles. The summed E-state index contributed by atoms with van der Waals surface area (Å²) in [6.45, 7) is 8.24. The molecule has 0 saturated heterocycles. The van der Waals surface area contributed by atoms with Gasteiger partial charge in [-0.25, -0.2) is 4.39 Å². The topological polar surface area (TPSA) is 21.3 Å². The van der Waals surface area contributed by atoms with E-state index in [1.165, 1.54) is 11.6 Å². The zero-order valence-corrected chi connectivity index (χ0v) is 18.2. The number of anilines is 1. The molecule has 0 saturated carbocycles. The van der Waals surface area contributed by atoms with Crippen molar-refractivity contribution in [2.24, 2.45) is 0 Å². The zero-order valence-electron chi connectivity index (χ0n) is 17.4. The summed E-state index contributed by atoms with van der Waals surface area (Å²) in [5, 5.41) is 4.30. The molecule has 0 amide bonds. The molecule has 152 valence electrons. The summed E-state index contributed by atoms with van der Waals surface area (Å²) in [6, 6.07) is 15.2. The first-order valence-corrected chi connectivity index (χ1v) is 10.5. The number of ether oxygens (including phenoxy) is 1. The van der Waals surface area contributed by atoms with Crippen LogP contribution in [0.4, 0.5) is 10.1 Å². The molecule has 0 radical (unpaired) electrons. The number of allylic oxidation sites excluding steroid dienone is 1. The SMILES string of the molecule is CC1=CC(C)(C)Nc2ccc3c(c21)C(c1ccc(F)c(C)c1)Oc1ccc(Cl)cc1-3. The van der Waals surface area contributed by atoms with Crippen LogP contribution in [0.2, 0.25) is 5.02 Å². The standard InChI is InChI=1S/C26H23ClFNO/c1-14-11-16(5-8-20(14)28)25-24-18(19-12-17(27)6-10-22(19)30-25)7-9-21-23(24)15(2)13-26(3,4)29-21/h5-13,25,29H,1-4H3. The second kappa shape index (κ2) is 6.61. The van der Waals surface area contributed by atoms with Crippen molar-refractivity contribution in [3.8, 4) is 16.9 Å². The molecule has 30 heavy (non-hydrogen) atoms. The third-order valence-electron chi connectivity index (χ3n) is 5.90. The molecule has 2 aliphatic rings. The smallest absolute Gasteiger partial charge is 0.150 e. The molecule has 0 bridgehead atoms. The van der Waals surface area contributed by atoms with Crippen LogP contribution < -0.4 is 10.1 Å². The summed E-state index contributed by atoms with van der Waals surface area (Å²) >= 11 is 6.32. The fourth-order valence-electron chi connectivity index (χ4n) is 4.72. The molecule has 1 N–H and O–H groups in total. The van der Waals surface area contributed by atoms with E-state index in [-0.39, 0.29) is 17.5 Å². The second-order valence-corrected chi connectivity index (χ2v) is 9.21. The molecule has 0 fully saturated rings. The van der Waals surface area contributed by atoms with Crippen molar-refractivity contribution in [3.63, 3.8) is 0 Å². The van der Waals surface area contributed by atoms with Gasteiger partial charge in [-0.3, -0.25) is 0 Å². The highest BCUT2D eigenvalue weighted by atomic mass is 35.5. The Labute approximate surface area is 181 Å². The molecule has 3 aromatic rings. The maximum absolute atomic E-state index is 14.0. The van der Waals surface area contributed by atoms with Gasteiger partial charge in [0.25, 0.3) is 0 Å². The molecule has 3 aromatic carbocycles. The van der Waals surface area contributed by atoms with E-state index in [4.69, 9.17) is 16.3 Å². The minimum absolute atomic E-state index is 0.135. The number of fused-ring (bicyclic) bond motifs is 5. The van der Waals surface area contributed by atoms with Gasteiger partial charge in [0.05, 0.1) is 5.54 Å². The van der Waals surface area contributed by atoms with Gasteiger partial charge in [-0.1, -0.05) is 29.8 Å². The lowest BCUT2D eigenvalue weighted by Crippen LogP contribution is -2.32. The predicted molar refractivity (Wildman–Crippen MR) is 122 cm³/mol. The molecule has 4 heteroatoms. The number of hydrogen-bond donors (Lipinski definition) is 1. The van der Waals surface area contributed by atoms with Crippen LogP contribution in [0, 0.1) is 12.7 Å². The van der Waals surface area contributed by atoms with Crippen LogP contribution in [0.3, 0.4) is 0 Å². The number of hydrogen-bond acceptors (Lipinski definition) is 2. The Balaban J connectivity index is 1.81. The summed E-state index contributed by atoms with van der Waals surface area (Å²) in [5.74, 6) is 0.570. The van der Waals surface area contributed by atoms with Gasteiger partial charge in [0.15, 0.2) is 6.10 Å². The average molecular weight is 420 g/mol. The number of aryl methyl sites for hydroxylation is 1. The fourth-order valence-corrected chi connectivity index (χ4v) is 4.89. The largest absolute Gasteiger partial charge is 0.480 e. The summed E-state index contributed by atoms with van der Waals surface area (Å²) in [5.41, 5.74) is 7.99. The Kier molecular flexibility index (Phi) is 4.23. The summed E-state index contributed by atoms with van der Waals surface area (Å²) < 4.78 is 20.5. The second-order valence-electron chi connectivity index (χ2n) is 8.77. The van der Waals surface area contributed by atoms with Crippen LogP contribution in [0.5, 0.6) is 5.75 Å². The van der Waals surface area contributed by atoms with Crippen molar-refractivity contribution >= 4 is 22.9 Å². The third kappa shape index (κ3) is 3.00. The first-order valence-electron chi connectivity index (χ1n) is 10.1. The fraction of sp³-hybridized carbons (Fsp3) is 0.231. The maximum Gasteiger partial charge on any atom is 0.150 e. The lowest BCUT2D eigenvalue weighted by atomic mass is 9.80. The van der Waals surface area contributed by atoms with Crippen LogP contribution in [-0.2, 0) is 0 Å². The van der Waals surface area contributed by atoms with Crippen LogP contribution in [0.25, 0.3) is 16.7 Å². The van der Waals surface area contributed by atoms with Crippen LogP contribution >= 0.6 is 11.6 Å². The van der Waals surface area contributed by atoms with Crippen molar-refractivity contribution in [1.29, 1.82) is 0 Å². The van der Waals surface area contributed by atoms with E-state index in [0.29, 0.717) is 10.6 Å². The molecule has 0 aromatic heterocycles. The quantitative estimate of drug-likeness (QED) is 0.439. The predicted octanol–water partition coefficient (Wildman–Crippen LogP) is 7.54. The van der Waals surface area contributed by atoms with Crippen molar-refractivity contribution in [1.82, 2.24) is 0 Å². The van der Waals surface area contributed by atoms with Gasteiger partial charge < -0.3 is 10.1 Å². The van der Waals surface area contributed by atoms with Crippen LogP contribution in [-0.4, -0.2) is 5.54 Å². The van der Waals surface area contributed by atoms with Gasteiger partial charge >= 0.3 is 0 Å². The Morgan fingerprint density at radius 3 is 2.57 bits per heavy atom. The number of benzene rings is 3. The van der Waals surface area contributed by atoms with E-state index in [1.807, 2.05) is 30.3 Å². The van der Waals surface area contributed by atoms with Gasteiger partial charge in [-0.05, 0) is 86.4 Å². The molecule has 1 atom stereocenters. The molecule has 0 spiro atoms. The molecule has 0 aliphatic carbocycles. The highest BCUT2D eigenvalue weighted by Gasteiger charge is 2.34. The summed E-state index contributed by atoms with van der Waals surface area (Å²) in [4.78, 5) is 0. The Hall–Kier alpha value is -2.78. The number of halogens is 2. The van der Waals surface area contributed by atoms with Gasteiger partial charge in [0.1, 0.15) is 11.6 Å².